The largest absolute Gasteiger partial charge is 0.446 e. The lowest BCUT2D eigenvalue weighted by Gasteiger charge is -2.31. The second kappa shape index (κ2) is 6.28. The molecule has 0 bridgehead atoms. The number of fused-ring (bicyclic) bond motifs is 2. The molecule has 1 aliphatic heterocycles. The molecule has 0 spiro atoms. The third-order valence-electron chi connectivity index (χ3n) is 5.56. The van der Waals surface area contributed by atoms with Crippen molar-refractivity contribution >= 4 is 16.7 Å². The number of ether oxygens (including phenoxy) is 1. The Bertz CT molecular complexity index is 1000. The Labute approximate surface area is 154 Å². The number of hydrogen-bond acceptors (Lipinski definition) is 2. The quantitative estimate of drug-likeness (QED) is 0.538. The average molecular weight is 344 g/mol. The van der Waals surface area contributed by atoms with E-state index in [0.717, 1.165) is 30.4 Å². The Hall–Kier alpha value is -2.61. The van der Waals surface area contributed by atoms with Gasteiger partial charge < -0.3 is 4.74 Å². The topological polar surface area (TPSA) is 26.3 Å². The molecule has 0 saturated heterocycles. The molecule has 2 nitrogen and oxygen atoms in total. The first-order valence-electron chi connectivity index (χ1n) is 9.40. The van der Waals surface area contributed by atoms with Crippen molar-refractivity contribution in [2.75, 3.05) is 0 Å². The number of rotatable bonds is 4. The van der Waals surface area contributed by atoms with Crippen LogP contribution in [0.15, 0.2) is 54.6 Å². The van der Waals surface area contributed by atoms with Crippen molar-refractivity contribution in [1.29, 1.82) is 0 Å². The fourth-order valence-electron chi connectivity index (χ4n) is 4.19. The molecule has 0 aromatic heterocycles. The van der Waals surface area contributed by atoms with Crippen LogP contribution in [0.3, 0.4) is 0 Å². The highest BCUT2D eigenvalue weighted by Crippen LogP contribution is 2.48. The van der Waals surface area contributed by atoms with Crippen molar-refractivity contribution in [3.63, 3.8) is 0 Å². The second-order valence-corrected chi connectivity index (χ2v) is 7.34. The van der Waals surface area contributed by atoms with Gasteiger partial charge >= 0.3 is 5.97 Å². The van der Waals surface area contributed by atoms with Crippen LogP contribution in [-0.4, -0.2) is 5.97 Å². The minimum absolute atomic E-state index is 0.210. The lowest BCUT2D eigenvalue weighted by molar-refractivity contribution is 0.00697. The lowest BCUT2D eigenvalue weighted by atomic mass is 9.79. The van der Waals surface area contributed by atoms with Gasteiger partial charge in [0.15, 0.2) is 5.60 Å². The van der Waals surface area contributed by atoms with Gasteiger partial charge in [-0.1, -0.05) is 67.4 Å². The van der Waals surface area contributed by atoms with E-state index >= 15 is 0 Å². The number of benzene rings is 3. The maximum Gasteiger partial charge on any atom is 0.339 e. The van der Waals surface area contributed by atoms with Gasteiger partial charge in [0.2, 0.25) is 0 Å². The SMILES string of the molecule is CCCCC1(c2ccc(C)c3ccc(C)cc23)OC(=O)c2ccccc21. The minimum atomic E-state index is -0.691. The monoisotopic (exact) mass is 344 g/mol. The molecule has 1 unspecified atom stereocenters. The number of aryl methyl sites for hydroxylation is 2. The minimum Gasteiger partial charge on any atom is -0.446 e. The molecule has 132 valence electrons. The standard InChI is InChI=1S/C24H24O2/c1-4-5-14-24(21-9-7-6-8-19(21)23(25)26-24)22-13-11-17(3)18-12-10-16(2)15-20(18)22/h6-13,15H,4-5,14H2,1-3H3. The summed E-state index contributed by atoms with van der Waals surface area (Å²) in [5.74, 6) is -0.210. The van der Waals surface area contributed by atoms with Crippen molar-refractivity contribution in [2.45, 2.75) is 45.6 Å². The number of esters is 1. The van der Waals surface area contributed by atoms with Crippen LogP contribution in [-0.2, 0) is 10.3 Å². The fraction of sp³-hybridized carbons (Fsp3) is 0.292. The molecule has 0 N–H and O–H groups in total. The van der Waals surface area contributed by atoms with Gasteiger partial charge in [-0.3, -0.25) is 0 Å². The summed E-state index contributed by atoms with van der Waals surface area (Å²) in [5.41, 5.74) is 4.58. The summed E-state index contributed by atoms with van der Waals surface area (Å²) in [6, 6.07) is 18.7. The Morgan fingerprint density at radius 1 is 0.923 bits per heavy atom. The molecule has 1 heterocycles. The van der Waals surface area contributed by atoms with Gasteiger partial charge in [0.05, 0.1) is 5.56 Å². The van der Waals surface area contributed by atoms with Gasteiger partial charge in [0.25, 0.3) is 0 Å². The molecule has 26 heavy (non-hydrogen) atoms. The van der Waals surface area contributed by atoms with E-state index in [1.54, 1.807) is 0 Å². The number of carbonyl (C=O) groups is 1. The molecule has 0 aliphatic carbocycles. The highest BCUT2D eigenvalue weighted by molar-refractivity contribution is 5.97. The van der Waals surface area contributed by atoms with Crippen molar-refractivity contribution in [2.24, 2.45) is 0 Å². The van der Waals surface area contributed by atoms with Crippen LogP contribution < -0.4 is 0 Å². The summed E-state index contributed by atoms with van der Waals surface area (Å²) in [6.45, 7) is 6.42. The van der Waals surface area contributed by atoms with Gasteiger partial charge in [-0.2, -0.15) is 0 Å². The molecule has 0 fully saturated rings. The first kappa shape index (κ1) is 16.8. The van der Waals surface area contributed by atoms with Crippen molar-refractivity contribution in [3.05, 3.63) is 82.4 Å². The number of cyclic esters (lactones) is 1. The molecular weight excluding hydrogens is 320 g/mol. The fourth-order valence-corrected chi connectivity index (χ4v) is 4.19. The van der Waals surface area contributed by atoms with E-state index in [1.807, 2.05) is 18.2 Å². The van der Waals surface area contributed by atoms with E-state index in [0.29, 0.717) is 5.56 Å². The summed E-state index contributed by atoms with van der Waals surface area (Å²) in [6.07, 6.45) is 2.87. The molecule has 2 heteroatoms. The Morgan fingerprint density at radius 3 is 2.54 bits per heavy atom. The van der Waals surface area contributed by atoms with E-state index in [2.05, 4.69) is 57.2 Å². The van der Waals surface area contributed by atoms with Crippen LogP contribution in [0.4, 0.5) is 0 Å². The van der Waals surface area contributed by atoms with Gasteiger partial charge in [-0.25, -0.2) is 4.79 Å². The molecule has 0 radical (unpaired) electrons. The molecule has 0 saturated carbocycles. The maximum atomic E-state index is 12.7. The molecule has 3 aromatic rings. The van der Waals surface area contributed by atoms with E-state index in [-0.39, 0.29) is 5.97 Å². The average Bonchev–Trinajstić information content (AvgIpc) is 2.93. The predicted octanol–water partition coefficient (Wildman–Crippen LogP) is 6.06. The van der Waals surface area contributed by atoms with E-state index in [1.165, 1.54) is 21.9 Å². The van der Waals surface area contributed by atoms with Crippen LogP contribution in [0.5, 0.6) is 0 Å². The zero-order chi connectivity index (χ0) is 18.3. The predicted molar refractivity (Wildman–Crippen MR) is 106 cm³/mol. The molecule has 1 aliphatic rings. The first-order valence-corrected chi connectivity index (χ1v) is 9.40. The van der Waals surface area contributed by atoms with E-state index in [9.17, 15) is 4.79 Å². The Kier molecular flexibility index (Phi) is 4.07. The summed E-state index contributed by atoms with van der Waals surface area (Å²) < 4.78 is 6.16. The Balaban J connectivity index is 2.04. The maximum absolute atomic E-state index is 12.7. The summed E-state index contributed by atoms with van der Waals surface area (Å²) in [5, 5.41) is 2.41. The smallest absolute Gasteiger partial charge is 0.339 e. The number of hydrogen-bond donors (Lipinski definition) is 0. The number of unbranched alkanes of at least 4 members (excludes halogenated alkanes) is 1. The summed E-state index contributed by atoms with van der Waals surface area (Å²) in [4.78, 5) is 12.7. The van der Waals surface area contributed by atoms with Crippen LogP contribution in [0.1, 0.15) is 58.8 Å². The van der Waals surface area contributed by atoms with Gasteiger partial charge in [0.1, 0.15) is 0 Å². The normalized spacial score (nSPS) is 18.8. The van der Waals surface area contributed by atoms with Gasteiger partial charge in [-0.05, 0) is 49.1 Å². The summed E-state index contributed by atoms with van der Waals surface area (Å²) >= 11 is 0. The number of carbonyl (C=O) groups excluding carboxylic acids is 1. The molecular formula is C24H24O2. The van der Waals surface area contributed by atoms with Crippen molar-refractivity contribution < 1.29 is 9.53 Å². The third-order valence-corrected chi connectivity index (χ3v) is 5.56. The second-order valence-electron chi connectivity index (χ2n) is 7.34. The molecule has 3 aromatic carbocycles. The third kappa shape index (κ3) is 2.44. The lowest BCUT2D eigenvalue weighted by Crippen LogP contribution is -2.28. The molecule has 0 amide bonds. The zero-order valence-electron chi connectivity index (χ0n) is 15.6. The van der Waals surface area contributed by atoms with E-state index in [4.69, 9.17) is 4.74 Å². The van der Waals surface area contributed by atoms with Crippen LogP contribution >= 0.6 is 0 Å². The first-order chi connectivity index (χ1) is 12.6. The van der Waals surface area contributed by atoms with Crippen molar-refractivity contribution in [1.82, 2.24) is 0 Å². The van der Waals surface area contributed by atoms with Crippen LogP contribution in [0, 0.1) is 13.8 Å². The van der Waals surface area contributed by atoms with Crippen LogP contribution in [0.25, 0.3) is 10.8 Å². The highest BCUT2D eigenvalue weighted by atomic mass is 16.6. The summed E-state index contributed by atoms with van der Waals surface area (Å²) in [7, 11) is 0. The van der Waals surface area contributed by atoms with Gasteiger partial charge in [-0.15, -0.1) is 0 Å². The molecule has 4 rings (SSSR count). The van der Waals surface area contributed by atoms with Gasteiger partial charge in [0, 0.05) is 11.1 Å². The van der Waals surface area contributed by atoms with Crippen LogP contribution in [0.2, 0.25) is 0 Å². The molecule has 1 atom stereocenters. The Morgan fingerprint density at radius 2 is 1.73 bits per heavy atom. The highest BCUT2D eigenvalue weighted by Gasteiger charge is 2.47. The van der Waals surface area contributed by atoms with Crippen molar-refractivity contribution in [3.8, 4) is 0 Å². The zero-order valence-corrected chi connectivity index (χ0v) is 15.6. The van der Waals surface area contributed by atoms with E-state index < -0.39 is 5.60 Å².